The van der Waals surface area contributed by atoms with Crippen molar-refractivity contribution in [3.63, 3.8) is 0 Å². The number of benzene rings is 2. The largest absolute Gasteiger partial charge is 0.416 e. The topological polar surface area (TPSA) is 126 Å². The van der Waals surface area contributed by atoms with E-state index in [1.54, 1.807) is 12.1 Å². The molecule has 0 saturated carbocycles. The highest BCUT2D eigenvalue weighted by atomic mass is 16.6. The van der Waals surface area contributed by atoms with E-state index >= 15 is 0 Å². The summed E-state index contributed by atoms with van der Waals surface area (Å²) in [7, 11) is 0. The molecule has 0 N–H and O–H groups in total. The summed E-state index contributed by atoms with van der Waals surface area (Å²) >= 11 is 0. The van der Waals surface area contributed by atoms with Gasteiger partial charge < -0.3 is 13.9 Å². The maximum absolute atomic E-state index is 11.7. The van der Waals surface area contributed by atoms with Crippen molar-refractivity contribution in [2.75, 3.05) is 0 Å². The van der Waals surface area contributed by atoms with Gasteiger partial charge in [0.2, 0.25) is 11.8 Å². The summed E-state index contributed by atoms with van der Waals surface area (Å²) in [4.78, 5) is 46.3. The quantitative estimate of drug-likeness (QED) is 0.497. The van der Waals surface area contributed by atoms with Crippen LogP contribution >= 0.6 is 0 Å². The van der Waals surface area contributed by atoms with Crippen molar-refractivity contribution < 1.29 is 33.1 Å². The highest BCUT2D eigenvalue weighted by Crippen LogP contribution is 2.30. The molecule has 0 fully saturated rings. The van der Waals surface area contributed by atoms with Crippen LogP contribution in [0.5, 0.6) is 0 Å². The van der Waals surface area contributed by atoms with E-state index in [9.17, 15) is 19.2 Å². The van der Waals surface area contributed by atoms with Crippen LogP contribution in [-0.4, -0.2) is 34.1 Å². The minimum absolute atomic E-state index is 0.110. The average molecular weight is 362 g/mol. The van der Waals surface area contributed by atoms with E-state index in [1.165, 1.54) is 24.3 Å². The zero-order chi connectivity index (χ0) is 18.7. The first-order valence-corrected chi connectivity index (χ1v) is 7.66. The van der Waals surface area contributed by atoms with Gasteiger partial charge in [0.25, 0.3) is 0 Å². The molecule has 3 heterocycles. The Hall–Kier alpha value is -4.14. The van der Waals surface area contributed by atoms with E-state index in [1.807, 2.05) is 0 Å². The molecule has 0 atom stereocenters. The van der Waals surface area contributed by atoms with Gasteiger partial charge in [-0.1, -0.05) is 0 Å². The molecule has 2 aliphatic rings. The number of ether oxygens (including phenoxy) is 2. The molecule has 0 aliphatic carbocycles. The van der Waals surface area contributed by atoms with Crippen LogP contribution in [0.15, 0.2) is 40.8 Å². The number of esters is 4. The Morgan fingerprint density at radius 2 is 0.963 bits per heavy atom. The second-order valence-corrected chi connectivity index (χ2v) is 5.79. The molecule has 0 saturated heterocycles. The fraction of sp³-hybridized carbons (Fsp3) is 0. The van der Waals surface area contributed by atoms with Gasteiger partial charge in [0.15, 0.2) is 0 Å². The van der Waals surface area contributed by atoms with E-state index in [4.69, 9.17) is 4.42 Å². The van der Waals surface area contributed by atoms with E-state index in [0.29, 0.717) is 11.1 Å². The van der Waals surface area contributed by atoms with Crippen LogP contribution in [0.25, 0.3) is 22.9 Å². The summed E-state index contributed by atoms with van der Waals surface area (Å²) in [5, 5.41) is 7.85. The van der Waals surface area contributed by atoms with Crippen molar-refractivity contribution in [1.82, 2.24) is 10.2 Å². The summed E-state index contributed by atoms with van der Waals surface area (Å²) in [6.45, 7) is 0. The fourth-order valence-electron chi connectivity index (χ4n) is 2.89. The smallest absolute Gasteiger partial charge is 0.346 e. The summed E-state index contributed by atoms with van der Waals surface area (Å²) in [6, 6.07) is 8.85. The Labute approximate surface area is 149 Å². The molecule has 27 heavy (non-hydrogen) atoms. The van der Waals surface area contributed by atoms with Gasteiger partial charge >= 0.3 is 23.9 Å². The molecule has 5 rings (SSSR count). The molecular formula is C18H6N2O7. The Morgan fingerprint density at radius 1 is 0.556 bits per heavy atom. The van der Waals surface area contributed by atoms with Crippen LogP contribution in [0.4, 0.5) is 0 Å². The van der Waals surface area contributed by atoms with Gasteiger partial charge in [-0.25, -0.2) is 19.2 Å². The van der Waals surface area contributed by atoms with Gasteiger partial charge in [0, 0.05) is 11.1 Å². The van der Waals surface area contributed by atoms with E-state index in [2.05, 4.69) is 19.7 Å². The first-order valence-electron chi connectivity index (χ1n) is 7.66. The lowest BCUT2D eigenvalue weighted by atomic mass is 10.1. The highest BCUT2D eigenvalue weighted by Gasteiger charge is 2.31. The predicted molar refractivity (Wildman–Crippen MR) is 84.7 cm³/mol. The molecule has 0 unspecified atom stereocenters. The van der Waals surface area contributed by atoms with Gasteiger partial charge in [-0.2, -0.15) is 0 Å². The summed E-state index contributed by atoms with van der Waals surface area (Å²) in [5.41, 5.74) is 1.44. The number of hydrogen-bond acceptors (Lipinski definition) is 9. The number of cyclic esters (lactones) is 4. The summed E-state index contributed by atoms with van der Waals surface area (Å²) < 4.78 is 14.7. The number of aromatic nitrogens is 2. The number of hydrogen-bond donors (Lipinski definition) is 0. The normalized spacial score (nSPS) is 14.8. The molecule has 0 bridgehead atoms. The Balaban J connectivity index is 1.53. The van der Waals surface area contributed by atoms with Crippen LogP contribution < -0.4 is 0 Å². The SMILES string of the molecule is O=C1OC(=O)c2cc(-c3nnc(-c4ccc5c(c4)C(=O)OC5=O)o3)ccc21. The second-order valence-electron chi connectivity index (χ2n) is 5.79. The minimum atomic E-state index is -0.738. The van der Waals surface area contributed by atoms with Crippen molar-refractivity contribution in [2.24, 2.45) is 0 Å². The van der Waals surface area contributed by atoms with Gasteiger partial charge in [0.1, 0.15) is 0 Å². The van der Waals surface area contributed by atoms with Crippen LogP contribution in [0.1, 0.15) is 41.4 Å². The monoisotopic (exact) mass is 362 g/mol. The maximum atomic E-state index is 11.7. The lowest BCUT2D eigenvalue weighted by Gasteiger charge is -1.98. The molecule has 0 radical (unpaired) electrons. The molecule has 2 aromatic carbocycles. The molecule has 3 aromatic rings. The van der Waals surface area contributed by atoms with Gasteiger partial charge in [0.05, 0.1) is 22.3 Å². The van der Waals surface area contributed by atoms with Crippen molar-refractivity contribution >= 4 is 23.9 Å². The van der Waals surface area contributed by atoms with Crippen molar-refractivity contribution in [2.45, 2.75) is 0 Å². The fourth-order valence-corrected chi connectivity index (χ4v) is 2.89. The van der Waals surface area contributed by atoms with Crippen molar-refractivity contribution in [3.8, 4) is 22.9 Å². The average Bonchev–Trinajstić information content (AvgIpc) is 3.33. The molecule has 0 amide bonds. The minimum Gasteiger partial charge on any atom is -0.416 e. The van der Waals surface area contributed by atoms with Gasteiger partial charge in [-0.15, -0.1) is 10.2 Å². The number of carbonyl (C=O) groups excluding carboxylic acids is 4. The van der Waals surface area contributed by atoms with E-state index in [0.717, 1.165) is 0 Å². The Bertz CT molecular complexity index is 1120. The Kier molecular flexibility index (Phi) is 2.90. The zero-order valence-electron chi connectivity index (χ0n) is 13.2. The predicted octanol–water partition coefficient (Wildman–Crippen LogP) is 2.02. The number of fused-ring (bicyclic) bond motifs is 2. The number of carbonyl (C=O) groups is 4. The molecule has 2 aliphatic heterocycles. The standard InChI is InChI=1S/C18H6N2O7/c21-15-9-3-1-7(5-11(9)17(23)26-15)13-19-20-14(25-13)8-2-4-10-12(6-8)18(24)27-16(10)22/h1-6H. The lowest BCUT2D eigenvalue weighted by molar-refractivity contribution is 0.0425. The number of nitrogens with zero attached hydrogens (tertiary/aromatic N) is 2. The van der Waals surface area contributed by atoms with Crippen LogP contribution in [0, 0.1) is 0 Å². The second kappa shape index (κ2) is 5.18. The summed E-state index contributed by atoms with van der Waals surface area (Å²) in [6.07, 6.45) is 0. The van der Waals surface area contributed by atoms with Gasteiger partial charge in [-0.05, 0) is 36.4 Å². The Morgan fingerprint density at radius 3 is 1.41 bits per heavy atom. The summed E-state index contributed by atoms with van der Waals surface area (Å²) in [5.74, 6) is -2.66. The molecule has 9 heteroatoms. The molecule has 9 nitrogen and oxygen atoms in total. The number of rotatable bonds is 2. The molecule has 0 spiro atoms. The lowest BCUT2D eigenvalue weighted by Crippen LogP contribution is -1.96. The highest BCUT2D eigenvalue weighted by molar-refractivity contribution is 6.15. The van der Waals surface area contributed by atoms with Crippen molar-refractivity contribution in [1.29, 1.82) is 0 Å². The van der Waals surface area contributed by atoms with Crippen LogP contribution in [0.3, 0.4) is 0 Å². The third-order valence-electron chi connectivity index (χ3n) is 4.21. The van der Waals surface area contributed by atoms with Gasteiger partial charge in [-0.3, -0.25) is 0 Å². The zero-order valence-corrected chi connectivity index (χ0v) is 13.2. The third-order valence-corrected chi connectivity index (χ3v) is 4.21. The van der Waals surface area contributed by atoms with E-state index < -0.39 is 23.9 Å². The molecule has 1 aromatic heterocycles. The van der Waals surface area contributed by atoms with Crippen LogP contribution in [0.2, 0.25) is 0 Å². The first kappa shape index (κ1) is 15.1. The molecule has 130 valence electrons. The third kappa shape index (κ3) is 2.18. The maximum Gasteiger partial charge on any atom is 0.346 e. The first-order chi connectivity index (χ1) is 13.0. The molecular weight excluding hydrogens is 356 g/mol. The van der Waals surface area contributed by atoms with Crippen LogP contribution in [-0.2, 0) is 9.47 Å². The van der Waals surface area contributed by atoms with E-state index in [-0.39, 0.29) is 34.0 Å². The van der Waals surface area contributed by atoms with Crippen molar-refractivity contribution in [3.05, 3.63) is 58.7 Å².